The topological polar surface area (TPSA) is 40.6 Å². The third kappa shape index (κ3) is 4.72. The van der Waals surface area contributed by atoms with Crippen LogP contribution in [-0.2, 0) is 9.59 Å². The molecule has 0 aliphatic heterocycles. The summed E-state index contributed by atoms with van der Waals surface area (Å²) in [6, 6.07) is 0. The molecule has 2 amide bonds. The molecule has 0 saturated heterocycles. The molecule has 0 aromatic carbocycles. The van der Waals surface area contributed by atoms with E-state index in [1.165, 1.54) is 0 Å². The predicted octanol–water partition coefficient (Wildman–Crippen LogP) is 3.06. The first kappa shape index (κ1) is 18.0. The van der Waals surface area contributed by atoms with Crippen molar-refractivity contribution in [2.75, 3.05) is 26.2 Å². The molecular formula is C17H32N2O2. The Balaban J connectivity index is 2.75. The van der Waals surface area contributed by atoms with E-state index in [4.69, 9.17) is 0 Å². The molecule has 0 atom stereocenters. The van der Waals surface area contributed by atoms with E-state index in [1.54, 1.807) is 0 Å². The first-order valence-corrected chi connectivity index (χ1v) is 8.57. The van der Waals surface area contributed by atoms with Gasteiger partial charge in [-0.15, -0.1) is 0 Å². The van der Waals surface area contributed by atoms with Crippen LogP contribution in [0, 0.1) is 5.41 Å². The first-order chi connectivity index (χ1) is 10.0. The van der Waals surface area contributed by atoms with E-state index >= 15 is 0 Å². The van der Waals surface area contributed by atoms with Crippen LogP contribution in [0.2, 0.25) is 0 Å². The molecule has 0 heterocycles. The van der Waals surface area contributed by atoms with Crippen LogP contribution in [0.4, 0.5) is 0 Å². The normalized spacial score (nSPS) is 16.8. The molecule has 1 saturated carbocycles. The molecule has 1 rings (SSSR count). The molecule has 4 nitrogen and oxygen atoms in total. The van der Waals surface area contributed by atoms with Gasteiger partial charge in [0.25, 0.3) is 0 Å². The van der Waals surface area contributed by atoms with Crippen LogP contribution in [0.1, 0.15) is 66.2 Å². The summed E-state index contributed by atoms with van der Waals surface area (Å²) in [6.45, 7) is 11.1. The largest absolute Gasteiger partial charge is 0.343 e. The summed E-state index contributed by atoms with van der Waals surface area (Å²) in [6.07, 6.45) is 5.43. The predicted molar refractivity (Wildman–Crippen MR) is 86.0 cm³/mol. The van der Waals surface area contributed by atoms with E-state index in [0.29, 0.717) is 12.8 Å². The van der Waals surface area contributed by atoms with E-state index in [1.807, 2.05) is 37.5 Å². The van der Waals surface area contributed by atoms with Crippen molar-refractivity contribution < 1.29 is 9.59 Å². The number of amides is 2. The fourth-order valence-corrected chi connectivity index (χ4v) is 3.56. The van der Waals surface area contributed by atoms with Gasteiger partial charge in [0.15, 0.2) is 0 Å². The number of nitrogens with zero attached hydrogens (tertiary/aromatic N) is 2. The highest BCUT2D eigenvalue weighted by molar-refractivity contribution is 5.80. The van der Waals surface area contributed by atoms with Crippen LogP contribution < -0.4 is 0 Å². The zero-order valence-electron chi connectivity index (χ0n) is 14.3. The van der Waals surface area contributed by atoms with Crippen LogP contribution in [0.3, 0.4) is 0 Å². The highest BCUT2D eigenvalue weighted by Crippen LogP contribution is 2.44. The molecule has 0 aromatic heterocycles. The number of hydrogen-bond acceptors (Lipinski definition) is 2. The van der Waals surface area contributed by atoms with Gasteiger partial charge in [0.05, 0.1) is 0 Å². The molecule has 0 aromatic rings. The van der Waals surface area contributed by atoms with Crippen molar-refractivity contribution in [3.63, 3.8) is 0 Å². The SMILES string of the molecule is CCN(CC)C(=O)CC1(CC(=O)N(CC)CC)CCCC1. The van der Waals surface area contributed by atoms with Crippen LogP contribution in [-0.4, -0.2) is 47.8 Å². The minimum Gasteiger partial charge on any atom is -0.343 e. The average molecular weight is 296 g/mol. The van der Waals surface area contributed by atoms with Crippen LogP contribution in [0.15, 0.2) is 0 Å². The lowest BCUT2D eigenvalue weighted by atomic mass is 9.78. The zero-order chi connectivity index (χ0) is 15.9. The molecule has 0 radical (unpaired) electrons. The second-order valence-corrected chi connectivity index (χ2v) is 6.19. The van der Waals surface area contributed by atoms with E-state index in [9.17, 15) is 9.59 Å². The third-order valence-electron chi connectivity index (χ3n) is 4.95. The number of hydrogen-bond donors (Lipinski definition) is 0. The Morgan fingerprint density at radius 1 is 0.762 bits per heavy atom. The van der Waals surface area contributed by atoms with Crippen molar-refractivity contribution in [3.05, 3.63) is 0 Å². The molecular weight excluding hydrogens is 264 g/mol. The Bertz CT molecular complexity index is 313. The molecule has 1 fully saturated rings. The highest BCUT2D eigenvalue weighted by atomic mass is 16.2. The lowest BCUT2D eigenvalue weighted by Crippen LogP contribution is -2.39. The Hall–Kier alpha value is -1.06. The van der Waals surface area contributed by atoms with Crippen LogP contribution in [0.5, 0.6) is 0 Å². The first-order valence-electron chi connectivity index (χ1n) is 8.57. The molecule has 1 aliphatic carbocycles. The minimum absolute atomic E-state index is 0.0840. The fraction of sp³-hybridized carbons (Fsp3) is 0.882. The summed E-state index contributed by atoms with van der Waals surface area (Å²) in [5.41, 5.74) is -0.0840. The molecule has 0 spiro atoms. The lowest BCUT2D eigenvalue weighted by molar-refractivity contribution is -0.137. The molecule has 122 valence electrons. The van der Waals surface area contributed by atoms with Gasteiger partial charge in [-0.1, -0.05) is 12.8 Å². The summed E-state index contributed by atoms with van der Waals surface area (Å²) >= 11 is 0. The summed E-state index contributed by atoms with van der Waals surface area (Å²) in [5.74, 6) is 0.434. The van der Waals surface area contributed by atoms with Gasteiger partial charge < -0.3 is 9.80 Å². The van der Waals surface area contributed by atoms with Crippen molar-refractivity contribution in [2.45, 2.75) is 66.2 Å². The molecule has 4 heteroatoms. The Labute approximate surface area is 129 Å². The monoisotopic (exact) mass is 296 g/mol. The van der Waals surface area contributed by atoms with Crippen molar-refractivity contribution in [2.24, 2.45) is 5.41 Å². The minimum atomic E-state index is -0.0840. The highest BCUT2D eigenvalue weighted by Gasteiger charge is 2.39. The Morgan fingerprint density at radius 3 is 1.38 bits per heavy atom. The number of carbonyl (C=O) groups is 2. The van der Waals surface area contributed by atoms with E-state index in [2.05, 4.69) is 0 Å². The molecule has 0 unspecified atom stereocenters. The summed E-state index contributed by atoms with van der Waals surface area (Å²) in [4.78, 5) is 28.7. The van der Waals surface area contributed by atoms with Gasteiger partial charge >= 0.3 is 0 Å². The van der Waals surface area contributed by atoms with Crippen LogP contribution >= 0.6 is 0 Å². The maximum Gasteiger partial charge on any atom is 0.223 e. The van der Waals surface area contributed by atoms with Crippen molar-refractivity contribution in [1.82, 2.24) is 9.80 Å². The van der Waals surface area contributed by atoms with E-state index in [0.717, 1.165) is 51.9 Å². The number of rotatable bonds is 8. The van der Waals surface area contributed by atoms with Crippen molar-refractivity contribution in [1.29, 1.82) is 0 Å². The molecule has 1 aliphatic rings. The van der Waals surface area contributed by atoms with E-state index in [-0.39, 0.29) is 17.2 Å². The second-order valence-electron chi connectivity index (χ2n) is 6.19. The fourth-order valence-electron chi connectivity index (χ4n) is 3.56. The number of carbonyl (C=O) groups excluding carboxylic acids is 2. The quantitative estimate of drug-likeness (QED) is 0.690. The summed E-state index contributed by atoms with van der Waals surface area (Å²) < 4.78 is 0. The maximum atomic E-state index is 12.5. The maximum absolute atomic E-state index is 12.5. The zero-order valence-corrected chi connectivity index (χ0v) is 14.3. The average Bonchev–Trinajstić information content (AvgIpc) is 2.89. The molecule has 0 N–H and O–H groups in total. The van der Waals surface area contributed by atoms with Gasteiger partial charge in [-0.3, -0.25) is 9.59 Å². The summed E-state index contributed by atoms with van der Waals surface area (Å²) in [7, 11) is 0. The van der Waals surface area contributed by atoms with E-state index < -0.39 is 0 Å². The third-order valence-corrected chi connectivity index (χ3v) is 4.95. The van der Waals surface area contributed by atoms with Gasteiger partial charge in [0.2, 0.25) is 11.8 Å². The molecule has 21 heavy (non-hydrogen) atoms. The van der Waals surface area contributed by atoms with Gasteiger partial charge in [-0.05, 0) is 46.0 Å². The van der Waals surface area contributed by atoms with Crippen molar-refractivity contribution >= 4 is 11.8 Å². The van der Waals surface area contributed by atoms with Gasteiger partial charge in [-0.25, -0.2) is 0 Å². The Morgan fingerprint density at radius 2 is 1.10 bits per heavy atom. The summed E-state index contributed by atoms with van der Waals surface area (Å²) in [5, 5.41) is 0. The van der Waals surface area contributed by atoms with Gasteiger partial charge in [0, 0.05) is 39.0 Å². The van der Waals surface area contributed by atoms with Gasteiger partial charge in [-0.2, -0.15) is 0 Å². The van der Waals surface area contributed by atoms with Gasteiger partial charge in [0.1, 0.15) is 0 Å². The van der Waals surface area contributed by atoms with Crippen molar-refractivity contribution in [3.8, 4) is 0 Å². The smallest absolute Gasteiger partial charge is 0.223 e. The second kappa shape index (κ2) is 8.40. The molecule has 0 bridgehead atoms. The standard InChI is InChI=1S/C17H32N2O2/c1-5-18(6-2)15(20)13-17(11-9-10-12-17)14-16(21)19(7-3)8-4/h5-14H2,1-4H3. The lowest BCUT2D eigenvalue weighted by Gasteiger charge is -2.32. The van der Waals surface area contributed by atoms with Crippen LogP contribution in [0.25, 0.3) is 0 Å². The Kier molecular flexibility index (Phi) is 7.20.